The lowest BCUT2D eigenvalue weighted by Crippen LogP contribution is -2.33. The number of hydrogen-bond donors (Lipinski definition) is 2. The monoisotopic (exact) mass is 359 g/mol. The van der Waals surface area contributed by atoms with E-state index in [1.807, 2.05) is 24.6 Å². The molecule has 8 nitrogen and oxygen atoms in total. The molecular formula is C18H25N5O3. The van der Waals surface area contributed by atoms with Gasteiger partial charge in [0.25, 0.3) is 5.91 Å². The van der Waals surface area contributed by atoms with Crippen molar-refractivity contribution in [2.75, 3.05) is 6.54 Å². The third-order valence-electron chi connectivity index (χ3n) is 4.66. The largest absolute Gasteiger partial charge is 0.359 e. The molecule has 0 aromatic carbocycles. The first kappa shape index (κ1) is 18.2. The van der Waals surface area contributed by atoms with Crippen LogP contribution >= 0.6 is 0 Å². The molecule has 2 aromatic heterocycles. The highest BCUT2D eigenvalue weighted by atomic mass is 16.5. The second-order valence-corrected chi connectivity index (χ2v) is 7.08. The van der Waals surface area contributed by atoms with E-state index in [0.29, 0.717) is 30.3 Å². The summed E-state index contributed by atoms with van der Waals surface area (Å²) in [6.45, 7) is 7.26. The van der Waals surface area contributed by atoms with Crippen molar-refractivity contribution in [3.8, 4) is 0 Å². The maximum absolute atomic E-state index is 12.6. The van der Waals surface area contributed by atoms with Gasteiger partial charge in [0.1, 0.15) is 0 Å². The normalized spacial score (nSPS) is 16.4. The van der Waals surface area contributed by atoms with E-state index in [0.717, 1.165) is 30.8 Å². The molecule has 0 fully saturated rings. The first-order valence-corrected chi connectivity index (χ1v) is 8.96. The lowest BCUT2D eigenvalue weighted by molar-refractivity contribution is -0.119. The van der Waals surface area contributed by atoms with E-state index in [-0.39, 0.29) is 17.7 Å². The second kappa shape index (κ2) is 7.72. The Hall–Kier alpha value is -2.64. The number of nitrogens with one attached hydrogen (secondary N) is 2. The number of aromatic nitrogens is 3. The molecule has 1 unspecified atom stereocenters. The highest BCUT2D eigenvalue weighted by molar-refractivity contribution is 5.95. The van der Waals surface area contributed by atoms with Gasteiger partial charge in [-0.25, -0.2) is 0 Å². The van der Waals surface area contributed by atoms with E-state index in [9.17, 15) is 9.59 Å². The Bertz CT molecular complexity index is 793. The van der Waals surface area contributed by atoms with Crippen LogP contribution in [-0.4, -0.2) is 33.3 Å². The fraction of sp³-hybridized carbons (Fsp3) is 0.556. The zero-order valence-electron chi connectivity index (χ0n) is 15.4. The molecule has 140 valence electrons. The molecule has 0 bridgehead atoms. The Balaban J connectivity index is 1.62. The number of rotatable bonds is 6. The van der Waals surface area contributed by atoms with Gasteiger partial charge in [-0.15, -0.1) is 0 Å². The number of amides is 2. The van der Waals surface area contributed by atoms with Gasteiger partial charge in [0, 0.05) is 26.1 Å². The summed E-state index contributed by atoms with van der Waals surface area (Å²) in [5, 5.41) is 14.0. The molecule has 3 rings (SSSR count). The van der Waals surface area contributed by atoms with Gasteiger partial charge in [0.05, 0.1) is 29.7 Å². The first-order chi connectivity index (χ1) is 12.4. The Morgan fingerprint density at radius 3 is 2.88 bits per heavy atom. The van der Waals surface area contributed by atoms with Crippen LogP contribution in [0.5, 0.6) is 0 Å². The van der Waals surface area contributed by atoms with Crippen molar-refractivity contribution in [2.45, 2.75) is 52.6 Å². The van der Waals surface area contributed by atoms with Crippen LogP contribution in [0.2, 0.25) is 0 Å². The molecule has 1 aliphatic heterocycles. The molecule has 1 aliphatic rings. The van der Waals surface area contributed by atoms with Crippen LogP contribution in [0.4, 0.5) is 0 Å². The average molecular weight is 359 g/mol. The van der Waals surface area contributed by atoms with Crippen molar-refractivity contribution in [2.24, 2.45) is 5.92 Å². The Morgan fingerprint density at radius 1 is 1.38 bits per heavy atom. The molecule has 0 spiro atoms. The Morgan fingerprint density at radius 2 is 2.19 bits per heavy atom. The van der Waals surface area contributed by atoms with E-state index in [4.69, 9.17) is 4.52 Å². The minimum Gasteiger partial charge on any atom is -0.359 e. The van der Waals surface area contributed by atoms with E-state index < -0.39 is 0 Å². The van der Waals surface area contributed by atoms with Crippen molar-refractivity contribution < 1.29 is 14.1 Å². The molecular weight excluding hydrogens is 334 g/mol. The van der Waals surface area contributed by atoms with Crippen molar-refractivity contribution >= 4 is 11.8 Å². The van der Waals surface area contributed by atoms with Crippen LogP contribution in [0.15, 0.2) is 16.8 Å². The lowest BCUT2D eigenvalue weighted by Gasteiger charge is -2.24. The minimum atomic E-state index is -0.172. The van der Waals surface area contributed by atoms with Gasteiger partial charge in [-0.05, 0) is 24.7 Å². The average Bonchev–Trinajstić information content (AvgIpc) is 3.24. The molecule has 0 radical (unpaired) electrons. The van der Waals surface area contributed by atoms with Crippen molar-refractivity contribution in [1.82, 2.24) is 25.6 Å². The number of hydrogen-bond acceptors (Lipinski definition) is 5. The number of aryl methyl sites for hydroxylation is 1. The molecule has 3 heterocycles. The summed E-state index contributed by atoms with van der Waals surface area (Å²) in [4.78, 5) is 23.7. The van der Waals surface area contributed by atoms with Crippen LogP contribution in [0.1, 0.15) is 60.6 Å². The number of nitrogens with zero attached hydrogens (tertiary/aromatic N) is 3. The highest BCUT2D eigenvalue weighted by Gasteiger charge is 2.25. The molecule has 1 atom stereocenters. The zero-order chi connectivity index (χ0) is 18.7. The summed E-state index contributed by atoms with van der Waals surface area (Å²) >= 11 is 0. The van der Waals surface area contributed by atoms with Gasteiger partial charge in [-0.2, -0.15) is 5.10 Å². The van der Waals surface area contributed by atoms with E-state index in [1.165, 1.54) is 6.92 Å². The van der Waals surface area contributed by atoms with Crippen LogP contribution in [0, 0.1) is 5.92 Å². The summed E-state index contributed by atoms with van der Waals surface area (Å²) in [6.07, 6.45) is 3.28. The first-order valence-electron chi connectivity index (χ1n) is 8.96. The number of fused-ring (bicyclic) bond motifs is 1. The summed E-state index contributed by atoms with van der Waals surface area (Å²) in [5.74, 6) is 1.03. The third kappa shape index (κ3) is 4.12. The fourth-order valence-electron chi connectivity index (χ4n) is 3.10. The summed E-state index contributed by atoms with van der Waals surface area (Å²) < 4.78 is 7.13. The minimum absolute atomic E-state index is 0.0325. The van der Waals surface area contributed by atoms with E-state index >= 15 is 0 Å². The lowest BCUT2D eigenvalue weighted by atomic mass is 9.94. The molecule has 26 heavy (non-hydrogen) atoms. The molecule has 8 heteroatoms. The van der Waals surface area contributed by atoms with Crippen molar-refractivity contribution in [3.05, 3.63) is 35.0 Å². The van der Waals surface area contributed by atoms with Gasteiger partial charge in [0.15, 0.2) is 5.76 Å². The molecule has 0 saturated carbocycles. The topological polar surface area (TPSA) is 102 Å². The summed E-state index contributed by atoms with van der Waals surface area (Å²) in [5.41, 5.74) is 2.38. The van der Waals surface area contributed by atoms with Gasteiger partial charge >= 0.3 is 0 Å². The maximum Gasteiger partial charge on any atom is 0.255 e. The van der Waals surface area contributed by atoms with Gasteiger partial charge < -0.3 is 15.2 Å². The molecule has 2 N–H and O–H groups in total. The van der Waals surface area contributed by atoms with Crippen LogP contribution in [-0.2, 0) is 24.3 Å². The van der Waals surface area contributed by atoms with E-state index in [1.54, 1.807) is 6.20 Å². The third-order valence-corrected chi connectivity index (χ3v) is 4.66. The van der Waals surface area contributed by atoms with Crippen LogP contribution < -0.4 is 10.6 Å². The van der Waals surface area contributed by atoms with Gasteiger partial charge in [0.2, 0.25) is 5.91 Å². The Kier molecular flexibility index (Phi) is 5.39. The summed E-state index contributed by atoms with van der Waals surface area (Å²) in [7, 11) is 0. The van der Waals surface area contributed by atoms with E-state index in [2.05, 4.69) is 20.9 Å². The maximum atomic E-state index is 12.6. The smallest absolute Gasteiger partial charge is 0.255 e. The quantitative estimate of drug-likeness (QED) is 0.816. The number of carbonyl (C=O) groups is 2. The van der Waals surface area contributed by atoms with Crippen LogP contribution in [0.25, 0.3) is 0 Å². The fourth-order valence-corrected chi connectivity index (χ4v) is 3.10. The van der Waals surface area contributed by atoms with Gasteiger partial charge in [-0.3, -0.25) is 14.3 Å². The van der Waals surface area contributed by atoms with Gasteiger partial charge in [-0.1, -0.05) is 19.0 Å². The SMILES string of the molecule is CC(=O)NCC1CCn2ncc(C(=O)NCc3cc(C(C)C)no3)c2C1. The Labute approximate surface area is 152 Å². The standard InChI is InChI=1S/C18H25N5O3/c1-11(2)16-7-14(26-22-16)9-20-18(25)15-10-21-23-5-4-13(6-17(15)23)8-19-12(3)24/h7,10-11,13H,4-6,8-9H2,1-3H3,(H,19,24)(H,20,25). The number of carbonyl (C=O) groups excluding carboxylic acids is 2. The molecule has 2 aromatic rings. The van der Waals surface area contributed by atoms with Crippen LogP contribution in [0.3, 0.4) is 0 Å². The van der Waals surface area contributed by atoms with Crippen molar-refractivity contribution in [1.29, 1.82) is 0 Å². The predicted molar refractivity (Wildman–Crippen MR) is 94.5 cm³/mol. The molecule has 2 amide bonds. The molecule has 0 aliphatic carbocycles. The predicted octanol–water partition coefficient (Wildman–Crippen LogP) is 1.62. The molecule has 0 saturated heterocycles. The summed E-state index contributed by atoms with van der Waals surface area (Å²) in [6, 6.07) is 1.86. The van der Waals surface area contributed by atoms with Crippen molar-refractivity contribution in [3.63, 3.8) is 0 Å². The second-order valence-electron chi connectivity index (χ2n) is 7.08. The highest BCUT2D eigenvalue weighted by Crippen LogP contribution is 2.23. The zero-order valence-corrected chi connectivity index (χ0v) is 15.4.